The number of nitrogens with zero attached hydrogens (tertiary/aromatic N) is 1. The fraction of sp³-hybridized carbons (Fsp3) is 0.500. The summed E-state index contributed by atoms with van der Waals surface area (Å²) in [4.78, 5) is 1.88. The fourth-order valence-corrected chi connectivity index (χ4v) is 4.62. The van der Waals surface area contributed by atoms with Crippen molar-refractivity contribution in [2.45, 2.75) is 17.8 Å². The minimum absolute atomic E-state index is 0.0606. The summed E-state index contributed by atoms with van der Waals surface area (Å²) in [5.74, 6) is 0.111. The molecule has 0 saturated carbocycles. The van der Waals surface area contributed by atoms with Gasteiger partial charge in [0.1, 0.15) is 5.82 Å². The average molecular weight is 336 g/mol. The molecule has 0 aliphatic carbocycles. The van der Waals surface area contributed by atoms with Crippen molar-refractivity contribution in [3.05, 3.63) is 29.6 Å². The SMILES string of the molecule is CN(c1cccc(F)c1CBr)C1CCS(=O)(=O)C1. The number of alkyl halides is 1. The van der Waals surface area contributed by atoms with Gasteiger partial charge in [0.25, 0.3) is 0 Å². The second-order valence-electron chi connectivity index (χ2n) is 4.54. The maximum Gasteiger partial charge on any atom is 0.152 e. The van der Waals surface area contributed by atoms with E-state index in [1.807, 2.05) is 18.0 Å². The first-order valence-electron chi connectivity index (χ1n) is 5.71. The van der Waals surface area contributed by atoms with E-state index in [9.17, 15) is 12.8 Å². The molecule has 1 saturated heterocycles. The Hall–Kier alpha value is -0.620. The van der Waals surface area contributed by atoms with E-state index in [1.54, 1.807) is 6.07 Å². The minimum Gasteiger partial charge on any atom is -0.370 e. The molecule has 1 unspecified atom stereocenters. The number of hydrogen-bond donors (Lipinski definition) is 0. The molecule has 1 aliphatic heterocycles. The molecule has 0 N–H and O–H groups in total. The second kappa shape index (κ2) is 5.17. The third-order valence-corrected chi connectivity index (χ3v) is 5.67. The van der Waals surface area contributed by atoms with Gasteiger partial charge in [-0.3, -0.25) is 0 Å². The molecule has 1 atom stereocenters. The van der Waals surface area contributed by atoms with Crippen LogP contribution in [-0.2, 0) is 15.2 Å². The summed E-state index contributed by atoms with van der Waals surface area (Å²) in [6.07, 6.45) is 0.608. The van der Waals surface area contributed by atoms with Crippen molar-refractivity contribution in [3.8, 4) is 0 Å². The Morgan fingerprint density at radius 1 is 1.50 bits per heavy atom. The smallest absolute Gasteiger partial charge is 0.152 e. The zero-order chi connectivity index (χ0) is 13.3. The van der Waals surface area contributed by atoms with Crippen LogP contribution in [0.1, 0.15) is 12.0 Å². The van der Waals surface area contributed by atoms with Gasteiger partial charge in [-0.05, 0) is 18.6 Å². The van der Waals surface area contributed by atoms with Crippen molar-refractivity contribution < 1.29 is 12.8 Å². The van der Waals surface area contributed by atoms with Gasteiger partial charge in [-0.2, -0.15) is 0 Å². The number of rotatable bonds is 3. The summed E-state index contributed by atoms with van der Waals surface area (Å²) in [7, 11) is -1.10. The quantitative estimate of drug-likeness (QED) is 0.795. The molecule has 6 heteroatoms. The van der Waals surface area contributed by atoms with Crippen LogP contribution in [0.2, 0.25) is 0 Å². The molecule has 0 amide bonds. The molecular weight excluding hydrogens is 321 g/mol. The van der Waals surface area contributed by atoms with Crippen LogP contribution in [0.4, 0.5) is 10.1 Å². The van der Waals surface area contributed by atoms with Crippen LogP contribution < -0.4 is 4.90 Å². The average Bonchev–Trinajstić information content (AvgIpc) is 2.68. The Bertz CT molecular complexity index is 547. The first-order chi connectivity index (χ1) is 8.44. The van der Waals surface area contributed by atoms with Crippen LogP contribution in [0.15, 0.2) is 18.2 Å². The maximum atomic E-state index is 13.7. The molecule has 3 nitrogen and oxygen atoms in total. The molecule has 100 valence electrons. The molecular formula is C12H15BrFNO2S. The Morgan fingerprint density at radius 3 is 2.78 bits per heavy atom. The summed E-state index contributed by atoms with van der Waals surface area (Å²) in [5, 5.41) is 0.415. The molecule has 1 aliphatic rings. The van der Waals surface area contributed by atoms with Gasteiger partial charge in [-0.15, -0.1) is 0 Å². The lowest BCUT2D eigenvalue weighted by molar-refractivity contribution is 0.600. The Balaban J connectivity index is 2.29. The monoisotopic (exact) mass is 335 g/mol. The first kappa shape index (κ1) is 13.8. The van der Waals surface area contributed by atoms with Gasteiger partial charge in [0.15, 0.2) is 9.84 Å². The van der Waals surface area contributed by atoms with E-state index < -0.39 is 9.84 Å². The highest BCUT2D eigenvalue weighted by molar-refractivity contribution is 9.08. The summed E-state index contributed by atoms with van der Waals surface area (Å²) in [6, 6.07) is 4.83. The highest BCUT2D eigenvalue weighted by Crippen LogP contribution is 2.29. The van der Waals surface area contributed by atoms with Crippen LogP contribution in [0.5, 0.6) is 0 Å². The van der Waals surface area contributed by atoms with Gasteiger partial charge in [0.2, 0.25) is 0 Å². The van der Waals surface area contributed by atoms with Crippen molar-refractivity contribution in [2.24, 2.45) is 0 Å². The van der Waals surface area contributed by atoms with E-state index in [0.29, 0.717) is 17.3 Å². The van der Waals surface area contributed by atoms with Crippen LogP contribution in [0.25, 0.3) is 0 Å². The summed E-state index contributed by atoms with van der Waals surface area (Å²) < 4.78 is 36.7. The highest BCUT2D eigenvalue weighted by atomic mass is 79.9. The van der Waals surface area contributed by atoms with Gasteiger partial charge < -0.3 is 4.90 Å². The van der Waals surface area contributed by atoms with Crippen molar-refractivity contribution >= 4 is 31.5 Å². The zero-order valence-corrected chi connectivity index (χ0v) is 12.5. The Kier molecular flexibility index (Phi) is 3.96. The number of halogens is 2. The fourth-order valence-electron chi connectivity index (χ4n) is 2.29. The predicted octanol–water partition coefficient (Wildman–Crippen LogP) is 2.34. The van der Waals surface area contributed by atoms with Crippen LogP contribution in [0.3, 0.4) is 0 Å². The van der Waals surface area contributed by atoms with Crippen molar-refractivity contribution in [1.82, 2.24) is 0 Å². The van der Waals surface area contributed by atoms with Crippen molar-refractivity contribution in [3.63, 3.8) is 0 Å². The van der Waals surface area contributed by atoms with Gasteiger partial charge in [-0.1, -0.05) is 22.0 Å². The molecule has 2 rings (SSSR count). The lowest BCUT2D eigenvalue weighted by atomic mass is 10.1. The second-order valence-corrected chi connectivity index (χ2v) is 7.33. The van der Waals surface area contributed by atoms with Crippen LogP contribution >= 0.6 is 15.9 Å². The zero-order valence-electron chi connectivity index (χ0n) is 10.1. The van der Waals surface area contributed by atoms with E-state index in [0.717, 1.165) is 5.69 Å². The van der Waals surface area contributed by atoms with E-state index >= 15 is 0 Å². The first-order valence-corrected chi connectivity index (χ1v) is 8.65. The third-order valence-electron chi connectivity index (χ3n) is 3.36. The minimum atomic E-state index is -2.93. The van der Waals surface area contributed by atoms with E-state index in [-0.39, 0.29) is 23.4 Å². The number of sulfone groups is 1. The lowest BCUT2D eigenvalue weighted by Gasteiger charge is -2.27. The van der Waals surface area contributed by atoms with Crippen molar-refractivity contribution in [2.75, 3.05) is 23.5 Å². The summed E-state index contributed by atoms with van der Waals surface area (Å²) >= 11 is 3.27. The number of anilines is 1. The highest BCUT2D eigenvalue weighted by Gasteiger charge is 2.31. The molecule has 1 aromatic rings. The molecule has 0 spiro atoms. The molecule has 1 heterocycles. The van der Waals surface area contributed by atoms with Gasteiger partial charge in [0.05, 0.1) is 11.5 Å². The topological polar surface area (TPSA) is 37.4 Å². The summed E-state index contributed by atoms with van der Waals surface area (Å²) in [6.45, 7) is 0. The molecule has 18 heavy (non-hydrogen) atoms. The largest absolute Gasteiger partial charge is 0.370 e. The van der Waals surface area contributed by atoms with Crippen molar-refractivity contribution in [1.29, 1.82) is 0 Å². The number of benzene rings is 1. The molecule has 1 fully saturated rings. The normalized spacial score (nSPS) is 22.1. The van der Waals surface area contributed by atoms with E-state index in [4.69, 9.17) is 0 Å². The molecule has 0 radical (unpaired) electrons. The molecule has 1 aromatic carbocycles. The molecule has 0 bridgehead atoms. The van der Waals surface area contributed by atoms with Crippen LogP contribution in [0, 0.1) is 5.82 Å². The Labute approximate surface area is 115 Å². The maximum absolute atomic E-state index is 13.7. The lowest BCUT2D eigenvalue weighted by Crippen LogP contribution is -2.33. The standard InChI is InChI=1S/C12H15BrFNO2S/c1-15(9-5-6-18(16,17)8-9)12-4-2-3-11(14)10(12)7-13/h2-4,9H,5-8H2,1H3. The van der Waals surface area contributed by atoms with Gasteiger partial charge in [-0.25, -0.2) is 12.8 Å². The predicted molar refractivity (Wildman–Crippen MR) is 74.5 cm³/mol. The van der Waals surface area contributed by atoms with Gasteiger partial charge in [0, 0.05) is 29.7 Å². The summed E-state index contributed by atoms with van der Waals surface area (Å²) in [5.41, 5.74) is 1.33. The van der Waals surface area contributed by atoms with E-state index in [2.05, 4.69) is 15.9 Å². The molecule has 0 aromatic heterocycles. The van der Waals surface area contributed by atoms with Crippen LogP contribution in [-0.4, -0.2) is 33.0 Å². The third kappa shape index (κ3) is 2.69. The van der Waals surface area contributed by atoms with E-state index in [1.165, 1.54) is 6.07 Å². The Morgan fingerprint density at radius 2 is 2.22 bits per heavy atom. The van der Waals surface area contributed by atoms with Gasteiger partial charge >= 0.3 is 0 Å². The number of hydrogen-bond acceptors (Lipinski definition) is 3.